The topological polar surface area (TPSA) is 29.5 Å². The molecule has 0 aliphatic carbocycles. The van der Waals surface area contributed by atoms with E-state index in [2.05, 4.69) is 11.7 Å². The highest BCUT2D eigenvalue weighted by atomic mass is 16.5. The van der Waals surface area contributed by atoms with Crippen molar-refractivity contribution in [3.05, 3.63) is 29.3 Å². The quantitative estimate of drug-likeness (QED) is 0.711. The Labute approximate surface area is 90.7 Å². The highest BCUT2D eigenvalue weighted by molar-refractivity contribution is 5.90. The normalized spacial score (nSPS) is 9.87. The molecule has 3 nitrogen and oxygen atoms in total. The summed E-state index contributed by atoms with van der Waals surface area (Å²) >= 11 is 0. The molecular formula is C12H17NO2. The lowest BCUT2D eigenvalue weighted by molar-refractivity contribution is 0.0600. The van der Waals surface area contributed by atoms with Gasteiger partial charge in [0.1, 0.15) is 0 Å². The molecule has 0 N–H and O–H groups in total. The summed E-state index contributed by atoms with van der Waals surface area (Å²) in [6, 6.07) is 5.63. The van der Waals surface area contributed by atoms with Crippen molar-refractivity contribution in [2.75, 3.05) is 26.1 Å². The Balaban J connectivity index is 3.13. The van der Waals surface area contributed by atoms with E-state index >= 15 is 0 Å². The summed E-state index contributed by atoms with van der Waals surface area (Å²) in [5.74, 6) is -0.282. The number of hydrogen-bond acceptors (Lipinski definition) is 3. The molecule has 0 fully saturated rings. The first-order chi connectivity index (χ1) is 7.10. The summed E-state index contributed by atoms with van der Waals surface area (Å²) in [6.45, 7) is 2.07. The highest BCUT2D eigenvalue weighted by Gasteiger charge is 2.09. The number of esters is 1. The Bertz CT molecular complexity index is 359. The molecule has 0 spiro atoms. The van der Waals surface area contributed by atoms with Gasteiger partial charge < -0.3 is 9.64 Å². The van der Waals surface area contributed by atoms with Gasteiger partial charge in [-0.3, -0.25) is 0 Å². The van der Waals surface area contributed by atoms with Gasteiger partial charge in [0.2, 0.25) is 0 Å². The third-order valence-corrected chi connectivity index (χ3v) is 2.36. The third kappa shape index (κ3) is 2.49. The second kappa shape index (κ2) is 4.82. The molecule has 0 unspecified atom stereocenters. The lowest BCUT2D eigenvalue weighted by Crippen LogP contribution is -2.12. The van der Waals surface area contributed by atoms with Crippen LogP contribution in [0.5, 0.6) is 0 Å². The molecule has 0 aliphatic rings. The van der Waals surface area contributed by atoms with Crippen LogP contribution in [0.1, 0.15) is 22.8 Å². The van der Waals surface area contributed by atoms with Crippen LogP contribution in [-0.4, -0.2) is 27.2 Å². The SMILES string of the molecule is CCc1cc(C(=O)OC)ccc1N(C)C. The molecule has 1 aromatic rings. The number of carbonyl (C=O) groups is 1. The van der Waals surface area contributed by atoms with Gasteiger partial charge in [0.05, 0.1) is 12.7 Å². The fraction of sp³-hybridized carbons (Fsp3) is 0.417. The van der Waals surface area contributed by atoms with E-state index in [-0.39, 0.29) is 5.97 Å². The first kappa shape index (κ1) is 11.6. The number of hydrogen-bond donors (Lipinski definition) is 0. The smallest absolute Gasteiger partial charge is 0.337 e. The molecule has 0 aromatic heterocycles. The number of aryl methyl sites for hydroxylation is 1. The Hall–Kier alpha value is -1.51. The lowest BCUT2D eigenvalue weighted by Gasteiger charge is -2.17. The van der Waals surface area contributed by atoms with Gasteiger partial charge in [-0.25, -0.2) is 4.79 Å². The molecule has 15 heavy (non-hydrogen) atoms. The minimum Gasteiger partial charge on any atom is -0.465 e. The minimum atomic E-state index is -0.282. The van der Waals surface area contributed by atoms with Gasteiger partial charge >= 0.3 is 5.97 Å². The number of anilines is 1. The van der Waals surface area contributed by atoms with Crippen molar-refractivity contribution in [2.45, 2.75) is 13.3 Å². The van der Waals surface area contributed by atoms with Crippen LogP contribution in [0.3, 0.4) is 0 Å². The van der Waals surface area contributed by atoms with Crippen molar-refractivity contribution in [2.24, 2.45) is 0 Å². The number of rotatable bonds is 3. The molecule has 0 saturated carbocycles. The van der Waals surface area contributed by atoms with Crippen molar-refractivity contribution in [1.82, 2.24) is 0 Å². The van der Waals surface area contributed by atoms with Gasteiger partial charge in [-0.2, -0.15) is 0 Å². The number of ether oxygens (including phenoxy) is 1. The Morgan fingerprint density at radius 2 is 2.07 bits per heavy atom. The molecule has 3 heteroatoms. The average molecular weight is 207 g/mol. The molecule has 0 saturated heterocycles. The van der Waals surface area contributed by atoms with Crippen LogP contribution >= 0.6 is 0 Å². The fourth-order valence-electron chi connectivity index (χ4n) is 1.55. The first-order valence-electron chi connectivity index (χ1n) is 4.98. The van der Waals surface area contributed by atoms with Crippen molar-refractivity contribution >= 4 is 11.7 Å². The van der Waals surface area contributed by atoms with Gasteiger partial charge in [-0.1, -0.05) is 6.92 Å². The van der Waals surface area contributed by atoms with Gasteiger partial charge in [0.25, 0.3) is 0 Å². The minimum absolute atomic E-state index is 0.282. The molecule has 0 heterocycles. The van der Waals surface area contributed by atoms with Gasteiger partial charge in [-0.15, -0.1) is 0 Å². The molecule has 0 aliphatic heterocycles. The number of carbonyl (C=O) groups excluding carboxylic acids is 1. The van der Waals surface area contributed by atoms with Crippen LogP contribution in [0, 0.1) is 0 Å². The molecule has 0 radical (unpaired) electrons. The maximum atomic E-state index is 11.3. The fourth-order valence-corrected chi connectivity index (χ4v) is 1.55. The summed E-state index contributed by atoms with van der Waals surface area (Å²) in [5, 5.41) is 0. The largest absolute Gasteiger partial charge is 0.465 e. The van der Waals surface area contributed by atoms with Crippen molar-refractivity contribution in [3.63, 3.8) is 0 Å². The van der Waals surface area contributed by atoms with E-state index in [1.54, 1.807) is 6.07 Å². The van der Waals surface area contributed by atoms with Crippen molar-refractivity contribution in [3.8, 4) is 0 Å². The van der Waals surface area contributed by atoms with E-state index in [0.717, 1.165) is 17.7 Å². The number of methoxy groups -OCH3 is 1. The first-order valence-corrected chi connectivity index (χ1v) is 4.98. The number of nitrogens with zero attached hydrogens (tertiary/aromatic N) is 1. The summed E-state index contributed by atoms with van der Waals surface area (Å²) in [5.41, 5.74) is 2.91. The van der Waals surface area contributed by atoms with Gasteiger partial charge in [0.15, 0.2) is 0 Å². The summed E-state index contributed by atoms with van der Waals surface area (Å²) < 4.78 is 4.68. The maximum Gasteiger partial charge on any atom is 0.337 e. The standard InChI is InChI=1S/C12H17NO2/c1-5-9-8-10(12(14)15-4)6-7-11(9)13(2)3/h6-8H,5H2,1-4H3. The third-order valence-electron chi connectivity index (χ3n) is 2.36. The molecule has 0 amide bonds. The van der Waals surface area contributed by atoms with Crippen LogP contribution in [0.4, 0.5) is 5.69 Å². The predicted molar refractivity (Wildman–Crippen MR) is 61.5 cm³/mol. The van der Waals surface area contributed by atoms with Crippen LogP contribution in [0.2, 0.25) is 0 Å². The molecular weight excluding hydrogens is 190 g/mol. The molecule has 82 valence electrons. The zero-order chi connectivity index (χ0) is 11.4. The van der Waals surface area contributed by atoms with E-state index in [1.807, 2.05) is 31.1 Å². The average Bonchev–Trinajstić information content (AvgIpc) is 2.26. The highest BCUT2D eigenvalue weighted by Crippen LogP contribution is 2.21. The Morgan fingerprint density at radius 1 is 1.40 bits per heavy atom. The van der Waals surface area contributed by atoms with Crippen LogP contribution in [0.15, 0.2) is 18.2 Å². The predicted octanol–water partition coefficient (Wildman–Crippen LogP) is 2.10. The number of benzene rings is 1. The Kier molecular flexibility index (Phi) is 3.72. The van der Waals surface area contributed by atoms with Gasteiger partial charge in [-0.05, 0) is 30.2 Å². The molecule has 1 aromatic carbocycles. The van der Waals surface area contributed by atoms with Gasteiger partial charge in [0, 0.05) is 19.8 Å². The van der Waals surface area contributed by atoms with E-state index in [0.29, 0.717) is 5.56 Å². The van der Waals surface area contributed by atoms with Crippen LogP contribution in [0.25, 0.3) is 0 Å². The molecule has 0 bridgehead atoms. The van der Waals surface area contributed by atoms with Crippen LogP contribution in [-0.2, 0) is 11.2 Å². The molecule has 1 rings (SSSR count). The van der Waals surface area contributed by atoms with Crippen molar-refractivity contribution in [1.29, 1.82) is 0 Å². The maximum absolute atomic E-state index is 11.3. The van der Waals surface area contributed by atoms with Crippen LogP contribution < -0.4 is 4.90 Å². The second-order valence-corrected chi connectivity index (χ2v) is 3.58. The van der Waals surface area contributed by atoms with E-state index in [4.69, 9.17) is 0 Å². The summed E-state index contributed by atoms with van der Waals surface area (Å²) in [6.07, 6.45) is 0.901. The zero-order valence-corrected chi connectivity index (χ0v) is 9.70. The Morgan fingerprint density at radius 3 is 2.53 bits per heavy atom. The summed E-state index contributed by atoms with van der Waals surface area (Å²) in [4.78, 5) is 13.4. The van der Waals surface area contributed by atoms with E-state index < -0.39 is 0 Å². The lowest BCUT2D eigenvalue weighted by atomic mass is 10.1. The summed E-state index contributed by atoms with van der Waals surface area (Å²) in [7, 11) is 5.38. The van der Waals surface area contributed by atoms with Crippen molar-refractivity contribution < 1.29 is 9.53 Å². The van der Waals surface area contributed by atoms with E-state index in [1.165, 1.54) is 7.11 Å². The monoisotopic (exact) mass is 207 g/mol. The zero-order valence-electron chi connectivity index (χ0n) is 9.70. The molecule has 0 atom stereocenters. The second-order valence-electron chi connectivity index (χ2n) is 3.58. The van der Waals surface area contributed by atoms with E-state index in [9.17, 15) is 4.79 Å².